The highest BCUT2D eigenvalue weighted by Crippen LogP contribution is 2.28. The number of hydrogen-bond acceptors (Lipinski definition) is 4. The molecule has 0 unspecified atom stereocenters. The minimum Gasteiger partial charge on any atom is -0.345 e. The van der Waals surface area contributed by atoms with Crippen molar-refractivity contribution >= 4 is 0 Å². The van der Waals surface area contributed by atoms with Crippen LogP contribution in [0.15, 0.2) is 17.1 Å². The minimum absolute atomic E-state index is 0.0465. The Bertz CT molecular complexity index is 789. The molecule has 4 rings (SSSR count). The highest BCUT2D eigenvalue weighted by molar-refractivity contribution is 5.11. The van der Waals surface area contributed by atoms with Gasteiger partial charge in [-0.1, -0.05) is 25.7 Å². The van der Waals surface area contributed by atoms with Crippen molar-refractivity contribution in [1.82, 2.24) is 24.8 Å². The lowest BCUT2D eigenvalue weighted by Crippen LogP contribution is -2.34. The van der Waals surface area contributed by atoms with Crippen LogP contribution in [0, 0.1) is 12.8 Å². The molecule has 26 heavy (non-hydrogen) atoms. The maximum absolute atomic E-state index is 11.7. The van der Waals surface area contributed by atoms with E-state index in [1.165, 1.54) is 31.4 Å². The van der Waals surface area contributed by atoms with Crippen molar-refractivity contribution in [3.05, 3.63) is 45.7 Å². The number of nitrogens with one attached hydrogen (secondary N) is 2. The van der Waals surface area contributed by atoms with Gasteiger partial charge in [-0.15, -0.1) is 0 Å². The van der Waals surface area contributed by atoms with E-state index in [0.29, 0.717) is 11.7 Å². The van der Waals surface area contributed by atoms with Crippen molar-refractivity contribution in [2.24, 2.45) is 5.92 Å². The average molecular weight is 355 g/mol. The first-order chi connectivity index (χ1) is 12.7. The number of imidazole rings is 1. The molecule has 3 heterocycles. The molecule has 1 aliphatic heterocycles. The van der Waals surface area contributed by atoms with Crippen molar-refractivity contribution in [3.63, 3.8) is 0 Å². The van der Waals surface area contributed by atoms with Gasteiger partial charge in [-0.25, -0.2) is 9.97 Å². The van der Waals surface area contributed by atoms with Crippen LogP contribution in [0.1, 0.15) is 67.5 Å². The standard InChI is InChI=1S/C20H29N5O/c1-14-22-18(10-20(26)23-14)16-7-4-8-25(12-16)13-17-11-21-19(24-17)9-15-5-2-3-6-15/h10-11,15-16H,2-9,12-13H2,1H3,(H,21,24)(H,22,23,26)/t16-/m0/s1. The van der Waals surface area contributed by atoms with E-state index < -0.39 is 0 Å². The van der Waals surface area contributed by atoms with Crippen LogP contribution in [0.25, 0.3) is 0 Å². The van der Waals surface area contributed by atoms with Crippen LogP contribution in [0.5, 0.6) is 0 Å². The highest BCUT2D eigenvalue weighted by Gasteiger charge is 2.24. The summed E-state index contributed by atoms with van der Waals surface area (Å²) in [6.45, 7) is 4.79. The van der Waals surface area contributed by atoms with Crippen molar-refractivity contribution in [1.29, 1.82) is 0 Å². The molecule has 2 N–H and O–H groups in total. The van der Waals surface area contributed by atoms with Gasteiger partial charge in [-0.3, -0.25) is 9.69 Å². The predicted octanol–water partition coefficient (Wildman–Crippen LogP) is 2.91. The second-order valence-corrected chi connectivity index (χ2v) is 8.04. The van der Waals surface area contributed by atoms with E-state index in [-0.39, 0.29) is 5.56 Å². The topological polar surface area (TPSA) is 77.7 Å². The molecule has 2 aromatic heterocycles. The van der Waals surface area contributed by atoms with E-state index in [0.717, 1.165) is 56.3 Å². The van der Waals surface area contributed by atoms with Gasteiger partial charge in [0.15, 0.2) is 0 Å². The maximum Gasteiger partial charge on any atom is 0.251 e. The molecular weight excluding hydrogens is 326 g/mol. The quantitative estimate of drug-likeness (QED) is 0.864. The molecular formula is C20H29N5O. The molecule has 2 aliphatic rings. The number of likely N-dealkylation sites (tertiary alicyclic amines) is 1. The third kappa shape index (κ3) is 4.23. The summed E-state index contributed by atoms with van der Waals surface area (Å²) in [4.78, 5) is 29.6. The van der Waals surface area contributed by atoms with Crippen LogP contribution in [-0.2, 0) is 13.0 Å². The van der Waals surface area contributed by atoms with Crippen molar-refractivity contribution in [2.45, 2.75) is 64.3 Å². The lowest BCUT2D eigenvalue weighted by atomic mass is 9.94. The molecule has 0 amide bonds. The third-order valence-electron chi connectivity index (χ3n) is 5.84. The second-order valence-electron chi connectivity index (χ2n) is 8.04. The van der Waals surface area contributed by atoms with Gasteiger partial charge in [-0.05, 0) is 32.2 Å². The summed E-state index contributed by atoms with van der Waals surface area (Å²) in [6.07, 6.45) is 10.8. The Morgan fingerprint density at radius 3 is 2.85 bits per heavy atom. The van der Waals surface area contributed by atoms with Gasteiger partial charge in [0.25, 0.3) is 5.56 Å². The summed E-state index contributed by atoms with van der Waals surface area (Å²) in [5, 5.41) is 0. The summed E-state index contributed by atoms with van der Waals surface area (Å²) in [7, 11) is 0. The van der Waals surface area contributed by atoms with Gasteiger partial charge in [0.2, 0.25) is 0 Å². The van der Waals surface area contributed by atoms with E-state index >= 15 is 0 Å². The molecule has 1 atom stereocenters. The largest absolute Gasteiger partial charge is 0.345 e. The molecule has 6 heteroatoms. The zero-order valence-corrected chi connectivity index (χ0v) is 15.6. The first kappa shape index (κ1) is 17.5. The number of H-pyrrole nitrogens is 2. The van der Waals surface area contributed by atoms with E-state index in [9.17, 15) is 4.79 Å². The number of hydrogen-bond donors (Lipinski definition) is 2. The Balaban J connectivity index is 1.37. The number of aromatic amines is 2. The fourth-order valence-electron chi connectivity index (χ4n) is 4.57. The molecule has 0 radical (unpaired) electrons. The highest BCUT2D eigenvalue weighted by atomic mass is 16.1. The zero-order chi connectivity index (χ0) is 17.9. The molecule has 6 nitrogen and oxygen atoms in total. The van der Waals surface area contributed by atoms with Gasteiger partial charge in [0, 0.05) is 43.4 Å². The smallest absolute Gasteiger partial charge is 0.251 e. The molecule has 140 valence electrons. The van der Waals surface area contributed by atoms with Crippen molar-refractivity contribution in [3.8, 4) is 0 Å². The Morgan fingerprint density at radius 2 is 2.04 bits per heavy atom. The van der Waals surface area contributed by atoms with Gasteiger partial charge < -0.3 is 9.97 Å². The van der Waals surface area contributed by atoms with Crippen LogP contribution >= 0.6 is 0 Å². The summed E-state index contributed by atoms with van der Waals surface area (Å²) in [5.41, 5.74) is 2.09. The fraction of sp³-hybridized carbons (Fsp3) is 0.650. The third-order valence-corrected chi connectivity index (χ3v) is 5.84. The number of nitrogens with zero attached hydrogens (tertiary/aromatic N) is 3. The summed E-state index contributed by atoms with van der Waals surface area (Å²) < 4.78 is 0. The lowest BCUT2D eigenvalue weighted by Gasteiger charge is -2.32. The normalized spacial score (nSPS) is 22.1. The predicted molar refractivity (Wildman–Crippen MR) is 101 cm³/mol. The number of rotatable bonds is 5. The zero-order valence-electron chi connectivity index (χ0n) is 15.6. The van der Waals surface area contributed by atoms with Crippen LogP contribution in [0.4, 0.5) is 0 Å². The molecule has 2 aromatic rings. The number of piperidine rings is 1. The Kier molecular flexibility index (Phi) is 5.20. The van der Waals surface area contributed by atoms with Crippen LogP contribution in [-0.4, -0.2) is 37.9 Å². The lowest BCUT2D eigenvalue weighted by molar-refractivity contribution is 0.196. The number of aryl methyl sites for hydroxylation is 1. The van der Waals surface area contributed by atoms with Gasteiger partial charge in [0.1, 0.15) is 11.6 Å². The molecule has 1 aliphatic carbocycles. The maximum atomic E-state index is 11.7. The van der Waals surface area contributed by atoms with E-state index in [1.807, 2.05) is 13.1 Å². The Labute approximate surface area is 154 Å². The SMILES string of the molecule is Cc1nc([C@H]2CCCN(Cc3cnc(CC4CCCC4)[nH]3)C2)cc(=O)[nH]1. The summed E-state index contributed by atoms with van der Waals surface area (Å²) in [5.74, 6) is 3.01. The van der Waals surface area contributed by atoms with Gasteiger partial charge in [-0.2, -0.15) is 0 Å². The average Bonchev–Trinajstić information content (AvgIpc) is 3.27. The molecule has 1 saturated heterocycles. The molecule has 0 spiro atoms. The van der Waals surface area contributed by atoms with Crippen molar-refractivity contribution < 1.29 is 0 Å². The van der Waals surface area contributed by atoms with Crippen molar-refractivity contribution in [2.75, 3.05) is 13.1 Å². The van der Waals surface area contributed by atoms with E-state index in [4.69, 9.17) is 0 Å². The second kappa shape index (κ2) is 7.74. The molecule has 2 fully saturated rings. The van der Waals surface area contributed by atoms with Gasteiger partial charge in [0.05, 0.1) is 5.69 Å². The molecule has 1 saturated carbocycles. The Morgan fingerprint density at radius 1 is 1.19 bits per heavy atom. The fourth-order valence-corrected chi connectivity index (χ4v) is 4.57. The van der Waals surface area contributed by atoms with E-state index in [2.05, 4.69) is 24.8 Å². The first-order valence-electron chi connectivity index (χ1n) is 9.98. The van der Waals surface area contributed by atoms with Crippen LogP contribution < -0.4 is 5.56 Å². The number of aromatic nitrogens is 4. The summed E-state index contributed by atoms with van der Waals surface area (Å²) >= 11 is 0. The van der Waals surface area contributed by atoms with E-state index in [1.54, 1.807) is 6.07 Å². The molecule has 0 bridgehead atoms. The van der Waals surface area contributed by atoms with Gasteiger partial charge >= 0.3 is 0 Å². The first-order valence-corrected chi connectivity index (χ1v) is 9.98. The van der Waals surface area contributed by atoms with Crippen LogP contribution in [0.2, 0.25) is 0 Å². The summed E-state index contributed by atoms with van der Waals surface area (Å²) in [6, 6.07) is 1.66. The molecule has 0 aromatic carbocycles. The monoisotopic (exact) mass is 355 g/mol. The Hall–Kier alpha value is -1.95. The minimum atomic E-state index is -0.0465. The van der Waals surface area contributed by atoms with Crippen LogP contribution in [0.3, 0.4) is 0 Å².